The first kappa shape index (κ1) is 20.9. The van der Waals surface area contributed by atoms with Gasteiger partial charge in [0.05, 0.1) is 11.5 Å². The third kappa shape index (κ3) is 7.85. The van der Waals surface area contributed by atoms with Gasteiger partial charge in [-0.1, -0.05) is 29.8 Å². The number of carbonyl (C=O) groups is 1. The molecule has 6 nitrogen and oxygen atoms in total. The number of piperazine rings is 1. The van der Waals surface area contributed by atoms with Crippen LogP contribution in [0.4, 0.5) is 0 Å². The van der Waals surface area contributed by atoms with Crippen molar-refractivity contribution in [2.24, 2.45) is 0 Å². The Bertz CT molecular complexity index is 666. The highest BCUT2D eigenvalue weighted by molar-refractivity contribution is 7.90. The Morgan fingerprint density at radius 2 is 1.77 bits per heavy atom. The maximum absolute atomic E-state index is 12.2. The lowest BCUT2D eigenvalue weighted by molar-refractivity contribution is -0.120. The third-order valence-corrected chi connectivity index (χ3v) is 6.32. The maximum Gasteiger partial charge on any atom is 0.221 e. The molecule has 7 heteroatoms. The molecular formula is C19H31N3O3S. The van der Waals surface area contributed by atoms with Crippen molar-refractivity contribution in [2.75, 3.05) is 52.1 Å². The molecule has 1 saturated heterocycles. The minimum absolute atomic E-state index is 0.00995. The lowest BCUT2D eigenvalue weighted by Gasteiger charge is -2.32. The molecule has 0 saturated carbocycles. The lowest BCUT2D eigenvalue weighted by atomic mass is 10.2. The standard InChI is InChI=1S/C19H31N3O3S/c1-17-4-6-18(7-5-17)16-26(24,25)15-8-19(23)20-9-3-10-22-13-11-21(2)12-14-22/h4-7H,3,8-16H2,1-2H3,(H,20,23). The topological polar surface area (TPSA) is 69.7 Å². The van der Waals surface area contributed by atoms with Crippen molar-refractivity contribution in [1.82, 2.24) is 15.1 Å². The Balaban J connectivity index is 1.60. The van der Waals surface area contributed by atoms with Crippen LogP contribution in [0.3, 0.4) is 0 Å². The van der Waals surface area contributed by atoms with Crippen LogP contribution in [-0.4, -0.2) is 76.2 Å². The van der Waals surface area contributed by atoms with Crippen LogP contribution in [0.15, 0.2) is 24.3 Å². The van der Waals surface area contributed by atoms with E-state index in [1.807, 2.05) is 31.2 Å². The molecular weight excluding hydrogens is 350 g/mol. The largest absolute Gasteiger partial charge is 0.356 e. The first-order valence-electron chi connectivity index (χ1n) is 9.28. The van der Waals surface area contributed by atoms with E-state index in [0.29, 0.717) is 6.54 Å². The molecule has 1 amide bonds. The molecule has 1 aliphatic rings. The van der Waals surface area contributed by atoms with Crippen LogP contribution in [0.5, 0.6) is 0 Å². The first-order valence-corrected chi connectivity index (χ1v) is 11.1. The summed E-state index contributed by atoms with van der Waals surface area (Å²) in [6.07, 6.45) is 0.925. The van der Waals surface area contributed by atoms with Gasteiger partial charge in [0.1, 0.15) is 0 Å². The summed E-state index contributed by atoms with van der Waals surface area (Å²) in [6, 6.07) is 7.45. The molecule has 0 radical (unpaired) electrons. The van der Waals surface area contributed by atoms with Crippen LogP contribution in [0.1, 0.15) is 24.0 Å². The van der Waals surface area contributed by atoms with Crippen molar-refractivity contribution in [3.05, 3.63) is 35.4 Å². The van der Waals surface area contributed by atoms with Crippen molar-refractivity contribution in [3.63, 3.8) is 0 Å². The van der Waals surface area contributed by atoms with Gasteiger partial charge in [0.25, 0.3) is 0 Å². The molecule has 0 aromatic heterocycles. The molecule has 1 heterocycles. The Morgan fingerprint density at radius 3 is 2.42 bits per heavy atom. The molecule has 0 bridgehead atoms. The van der Waals surface area contributed by atoms with Gasteiger partial charge in [-0.2, -0.15) is 0 Å². The van der Waals surface area contributed by atoms with Gasteiger partial charge in [-0.15, -0.1) is 0 Å². The van der Waals surface area contributed by atoms with Gasteiger partial charge in [0, 0.05) is 39.1 Å². The van der Waals surface area contributed by atoms with E-state index in [2.05, 4.69) is 22.2 Å². The van der Waals surface area contributed by atoms with Crippen LogP contribution in [0.2, 0.25) is 0 Å². The van der Waals surface area contributed by atoms with E-state index in [1.54, 1.807) is 0 Å². The molecule has 1 aromatic carbocycles. The van der Waals surface area contributed by atoms with E-state index in [-0.39, 0.29) is 23.8 Å². The van der Waals surface area contributed by atoms with Gasteiger partial charge in [0.2, 0.25) is 5.91 Å². The summed E-state index contributed by atoms with van der Waals surface area (Å²) in [5.41, 5.74) is 1.87. The Kier molecular flexibility index (Phi) is 8.06. The van der Waals surface area contributed by atoms with Gasteiger partial charge in [-0.3, -0.25) is 4.79 Å². The minimum atomic E-state index is -3.27. The van der Waals surface area contributed by atoms with Crippen LogP contribution >= 0.6 is 0 Å². The van der Waals surface area contributed by atoms with Gasteiger partial charge < -0.3 is 15.1 Å². The average molecular weight is 382 g/mol. The number of hydrogen-bond donors (Lipinski definition) is 1. The number of likely N-dealkylation sites (N-methyl/N-ethyl adjacent to an activating group) is 1. The van der Waals surface area contributed by atoms with Gasteiger partial charge in [-0.25, -0.2) is 8.42 Å². The molecule has 1 aromatic rings. The summed E-state index contributed by atoms with van der Waals surface area (Å²) in [5.74, 6) is -0.300. The second-order valence-corrected chi connectivity index (χ2v) is 9.36. The highest BCUT2D eigenvalue weighted by Gasteiger charge is 2.15. The predicted octanol–water partition coefficient (Wildman–Crippen LogP) is 1.05. The Morgan fingerprint density at radius 1 is 1.12 bits per heavy atom. The fourth-order valence-corrected chi connectivity index (χ4v) is 4.29. The Hall–Kier alpha value is -1.44. The highest BCUT2D eigenvalue weighted by atomic mass is 32.2. The number of carbonyl (C=O) groups excluding carboxylic acids is 1. The van der Waals surface area contributed by atoms with Crippen molar-refractivity contribution in [1.29, 1.82) is 0 Å². The monoisotopic (exact) mass is 381 g/mol. The van der Waals surface area contributed by atoms with Crippen LogP contribution in [0.25, 0.3) is 0 Å². The number of nitrogens with one attached hydrogen (secondary N) is 1. The summed E-state index contributed by atoms with van der Waals surface area (Å²) in [6.45, 7) is 7.86. The number of rotatable bonds is 9. The number of nitrogens with zero attached hydrogens (tertiary/aromatic N) is 2. The molecule has 1 N–H and O–H groups in total. The van der Waals surface area contributed by atoms with Crippen LogP contribution < -0.4 is 5.32 Å². The molecule has 146 valence electrons. The predicted molar refractivity (Wildman–Crippen MR) is 105 cm³/mol. The molecule has 0 spiro atoms. The lowest BCUT2D eigenvalue weighted by Crippen LogP contribution is -2.45. The second kappa shape index (κ2) is 10.0. The minimum Gasteiger partial charge on any atom is -0.356 e. The fraction of sp³-hybridized carbons (Fsp3) is 0.632. The molecule has 26 heavy (non-hydrogen) atoms. The average Bonchev–Trinajstić information content (AvgIpc) is 2.60. The van der Waals surface area contributed by atoms with Crippen molar-refractivity contribution in [2.45, 2.75) is 25.5 Å². The molecule has 1 aliphatic heterocycles. The van der Waals surface area contributed by atoms with Crippen molar-refractivity contribution in [3.8, 4) is 0 Å². The zero-order valence-corrected chi connectivity index (χ0v) is 16.7. The fourth-order valence-electron chi connectivity index (χ4n) is 2.95. The second-order valence-electron chi connectivity index (χ2n) is 7.18. The number of amides is 1. The third-order valence-electron chi connectivity index (χ3n) is 4.72. The van der Waals surface area contributed by atoms with E-state index in [1.165, 1.54) is 0 Å². The van der Waals surface area contributed by atoms with E-state index < -0.39 is 9.84 Å². The van der Waals surface area contributed by atoms with Gasteiger partial charge in [0.15, 0.2) is 9.84 Å². The Labute approximate surface area is 157 Å². The number of benzene rings is 1. The quantitative estimate of drug-likeness (QED) is 0.648. The van der Waals surface area contributed by atoms with Gasteiger partial charge >= 0.3 is 0 Å². The van der Waals surface area contributed by atoms with Crippen molar-refractivity contribution >= 4 is 15.7 Å². The number of sulfone groups is 1. The van der Waals surface area contributed by atoms with Gasteiger partial charge in [-0.05, 0) is 32.5 Å². The van der Waals surface area contributed by atoms with E-state index in [4.69, 9.17) is 0 Å². The molecule has 0 unspecified atom stereocenters. The number of aryl methyl sites for hydroxylation is 1. The summed E-state index contributed by atoms with van der Waals surface area (Å²) in [7, 11) is -1.14. The highest BCUT2D eigenvalue weighted by Crippen LogP contribution is 2.09. The van der Waals surface area contributed by atoms with E-state index in [0.717, 1.165) is 50.3 Å². The first-order chi connectivity index (χ1) is 12.3. The zero-order chi connectivity index (χ0) is 19.0. The van der Waals surface area contributed by atoms with Crippen LogP contribution in [-0.2, 0) is 20.4 Å². The summed E-state index contributed by atoms with van der Waals surface area (Å²) in [5, 5.41) is 2.83. The number of hydrogen-bond acceptors (Lipinski definition) is 5. The normalized spacial score (nSPS) is 16.5. The maximum atomic E-state index is 12.2. The molecule has 0 aliphatic carbocycles. The zero-order valence-electron chi connectivity index (χ0n) is 15.9. The van der Waals surface area contributed by atoms with E-state index >= 15 is 0 Å². The summed E-state index contributed by atoms with van der Waals surface area (Å²) >= 11 is 0. The smallest absolute Gasteiger partial charge is 0.221 e. The van der Waals surface area contributed by atoms with Crippen molar-refractivity contribution < 1.29 is 13.2 Å². The molecule has 2 rings (SSSR count). The SMILES string of the molecule is Cc1ccc(CS(=O)(=O)CCC(=O)NCCCN2CCN(C)CC2)cc1. The summed E-state index contributed by atoms with van der Waals surface area (Å²) < 4.78 is 24.3. The van der Waals surface area contributed by atoms with E-state index in [9.17, 15) is 13.2 Å². The molecule has 1 fully saturated rings. The van der Waals surface area contributed by atoms with Crippen LogP contribution in [0, 0.1) is 6.92 Å². The molecule has 0 atom stereocenters. The summed E-state index contributed by atoms with van der Waals surface area (Å²) in [4.78, 5) is 16.6.